The highest BCUT2D eigenvalue weighted by Gasteiger charge is 2.11. The molecule has 0 aliphatic heterocycles. The van der Waals surface area contributed by atoms with Crippen molar-refractivity contribution in [3.63, 3.8) is 0 Å². The van der Waals surface area contributed by atoms with Gasteiger partial charge in [-0.1, -0.05) is 34.1 Å². The molecule has 0 spiro atoms. The Hall–Kier alpha value is -1.88. The molecule has 0 radical (unpaired) electrons. The molecule has 0 atom stereocenters. The summed E-state index contributed by atoms with van der Waals surface area (Å²) >= 11 is 3.21. The summed E-state index contributed by atoms with van der Waals surface area (Å²) < 4.78 is 19.1. The predicted molar refractivity (Wildman–Crippen MR) is 79.2 cm³/mol. The SMILES string of the molecule is COC(=O)c1ccccc1NCc1ccc(Br)cc1F. The van der Waals surface area contributed by atoms with E-state index in [9.17, 15) is 9.18 Å². The number of ether oxygens (including phenoxy) is 1. The zero-order valence-electron chi connectivity index (χ0n) is 10.8. The standard InChI is InChI=1S/C15H13BrFNO2/c1-20-15(19)12-4-2-3-5-14(12)18-9-10-6-7-11(16)8-13(10)17/h2-8,18H,9H2,1H3. The summed E-state index contributed by atoms with van der Waals surface area (Å²) in [6, 6.07) is 11.8. The van der Waals surface area contributed by atoms with Gasteiger partial charge < -0.3 is 10.1 Å². The number of methoxy groups -OCH3 is 1. The lowest BCUT2D eigenvalue weighted by Gasteiger charge is -2.11. The minimum Gasteiger partial charge on any atom is -0.465 e. The van der Waals surface area contributed by atoms with Crippen molar-refractivity contribution in [1.82, 2.24) is 0 Å². The van der Waals surface area contributed by atoms with Crippen LogP contribution in [0.4, 0.5) is 10.1 Å². The number of para-hydroxylation sites is 1. The summed E-state index contributed by atoms with van der Waals surface area (Å²) in [5.74, 6) is -0.730. The molecule has 2 aromatic rings. The van der Waals surface area contributed by atoms with E-state index in [1.165, 1.54) is 13.2 Å². The van der Waals surface area contributed by atoms with Crippen molar-refractivity contribution in [3.8, 4) is 0 Å². The number of esters is 1. The molecule has 0 fully saturated rings. The maximum absolute atomic E-state index is 13.7. The van der Waals surface area contributed by atoms with Crippen molar-refractivity contribution in [1.29, 1.82) is 0 Å². The minimum absolute atomic E-state index is 0.285. The van der Waals surface area contributed by atoms with Crippen molar-refractivity contribution in [2.24, 2.45) is 0 Å². The van der Waals surface area contributed by atoms with E-state index in [2.05, 4.69) is 21.2 Å². The van der Waals surface area contributed by atoms with Gasteiger partial charge in [-0.25, -0.2) is 9.18 Å². The molecule has 0 unspecified atom stereocenters. The Kier molecular flexibility index (Phi) is 4.74. The van der Waals surface area contributed by atoms with Crippen LogP contribution in [0.2, 0.25) is 0 Å². The molecule has 104 valence electrons. The lowest BCUT2D eigenvalue weighted by Crippen LogP contribution is -2.08. The molecular formula is C15H13BrFNO2. The number of rotatable bonds is 4. The Labute approximate surface area is 124 Å². The fourth-order valence-electron chi connectivity index (χ4n) is 1.78. The number of benzene rings is 2. The monoisotopic (exact) mass is 337 g/mol. The third-order valence-electron chi connectivity index (χ3n) is 2.82. The quantitative estimate of drug-likeness (QED) is 0.857. The number of nitrogens with one attached hydrogen (secondary N) is 1. The first kappa shape index (κ1) is 14.5. The van der Waals surface area contributed by atoms with Crippen molar-refractivity contribution in [3.05, 3.63) is 63.9 Å². The molecule has 0 saturated carbocycles. The van der Waals surface area contributed by atoms with Crippen LogP contribution in [0.5, 0.6) is 0 Å². The topological polar surface area (TPSA) is 38.3 Å². The second-order valence-corrected chi connectivity index (χ2v) is 5.04. The first-order valence-electron chi connectivity index (χ1n) is 5.97. The van der Waals surface area contributed by atoms with E-state index >= 15 is 0 Å². The van der Waals surface area contributed by atoms with Gasteiger partial charge in [-0.05, 0) is 24.3 Å². The molecule has 0 heterocycles. The summed E-state index contributed by atoms with van der Waals surface area (Å²) in [5, 5.41) is 3.05. The Morgan fingerprint density at radius 2 is 2.05 bits per heavy atom. The number of carbonyl (C=O) groups is 1. The van der Waals surface area contributed by atoms with Crippen LogP contribution in [0.3, 0.4) is 0 Å². The van der Waals surface area contributed by atoms with Crippen molar-refractivity contribution in [2.45, 2.75) is 6.54 Å². The zero-order valence-corrected chi connectivity index (χ0v) is 12.4. The number of carbonyl (C=O) groups excluding carboxylic acids is 1. The summed E-state index contributed by atoms with van der Waals surface area (Å²) in [7, 11) is 1.33. The van der Waals surface area contributed by atoms with Gasteiger partial charge >= 0.3 is 5.97 Å². The molecule has 1 N–H and O–H groups in total. The first-order chi connectivity index (χ1) is 9.61. The van der Waals surface area contributed by atoms with Gasteiger partial charge in [0.1, 0.15) is 5.82 Å². The van der Waals surface area contributed by atoms with Gasteiger partial charge in [0.25, 0.3) is 0 Å². The van der Waals surface area contributed by atoms with Gasteiger partial charge in [-0.2, -0.15) is 0 Å². The van der Waals surface area contributed by atoms with Crippen LogP contribution in [0.1, 0.15) is 15.9 Å². The highest BCUT2D eigenvalue weighted by atomic mass is 79.9. The van der Waals surface area contributed by atoms with Crippen molar-refractivity contribution in [2.75, 3.05) is 12.4 Å². The average molecular weight is 338 g/mol. The van der Waals surface area contributed by atoms with E-state index in [1.54, 1.807) is 36.4 Å². The zero-order chi connectivity index (χ0) is 14.5. The van der Waals surface area contributed by atoms with Crippen molar-refractivity contribution >= 4 is 27.6 Å². The lowest BCUT2D eigenvalue weighted by atomic mass is 10.1. The van der Waals surface area contributed by atoms with Crippen LogP contribution in [0.25, 0.3) is 0 Å². The number of hydrogen-bond donors (Lipinski definition) is 1. The van der Waals surface area contributed by atoms with Gasteiger partial charge in [0, 0.05) is 22.3 Å². The molecule has 0 aromatic heterocycles. The van der Waals surface area contributed by atoms with E-state index in [1.807, 2.05) is 0 Å². The number of anilines is 1. The molecular weight excluding hydrogens is 325 g/mol. The third-order valence-corrected chi connectivity index (χ3v) is 3.31. The second-order valence-electron chi connectivity index (χ2n) is 4.13. The molecule has 20 heavy (non-hydrogen) atoms. The molecule has 0 bridgehead atoms. The molecule has 0 amide bonds. The summed E-state index contributed by atoms with van der Waals surface area (Å²) in [5.41, 5.74) is 1.56. The van der Waals surface area contributed by atoms with E-state index in [0.717, 1.165) is 0 Å². The van der Waals surface area contributed by atoms with Gasteiger partial charge in [-0.3, -0.25) is 0 Å². The first-order valence-corrected chi connectivity index (χ1v) is 6.76. The van der Waals surface area contributed by atoms with Crippen molar-refractivity contribution < 1.29 is 13.9 Å². The fourth-order valence-corrected chi connectivity index (χ4v) is 2.11. The fraction of sp³-hybridized carbons (Fsp3) is 0.133. The van der Waals surface area contributed by atoms with Gasteiger partial charge in [0.2, 0.25) is 0 Å². The third kappa shape index (κ3) is 3.36. The molecule has 2 rings (SSSR count). The summed E-state index contributed by atoms with van der Waals surface area (Å²) in [6.45, 7) is 0.285. The Balaban J connectivity index is 2.17. The molecule has 0 saturated heterocycles. The maximum atomic E-state index is 13.7. The summed E-state index contributed by atoms with van der Waals surface area (Å²) in [4.78, 5) is 11.6. The minimum atomic E-state index is -0.427. The Morgan fingerprint density at radius 1 is 1.30 bits per heavy atom. The maximum Gasteiger partial charge on any atom is 0.339 e. The smallest absolute Gasteiger partial charge is 0.339 e. The average Bonchev–Trinajstić information content (AvgIpc) is 2.46. The van der Waals surface area contributed by atoms with E-state index in [0.29, 0.717) is 21.3 Å². The van der Waals surface area contributed by atoms with Crippen LogP contribution >= 0.6 is 15.9 Å². The van der Waals surface area contributed by atoms with E-state index < -0.39 is 5.97 Å². The molecule has 0 aliphatic carbocycles. The highest BCUT2D eigenvalue weighted by molar-refractivity contribution is 9.10. The van der Waals surface area contributed by atoms with E-state index in [-0.39, 0.29) is 12.4 Å². The van der Waals surface area contributed by atoms with Crippen LogP contribution in [0.15, 0.2) is 46.9 Å². The van der Waals surface area contributed by atoms with E-state index in [4.69, 9.17) is 4.74 Å². The summed E-state index contributed by atoms with van der Waals surface area (Å²) in [6.07, 6.45) is 0. The Morgan fingerprint density at radius 3 is 2.75 bits per heavy atom. The largest absolute Gasteiger partial charge is 0.465 e. The van der Waals surface area contributed by atoms with Crippen LogP contribution in [0, 0.1) is 5.82 Å². The molecule has 2 aromatic carbocycles. The number of halogens is 2. The highest BCUT2D eigenvalue weighted by Crippen LogP contribution is 2.19. The molecule has 3 nitrogen and oxygen atoms in total. The van der Waals surface area contributed by atoms with Gasteiger partial charge in [0.05, 0.1) is 12.7 Å². The van der Waals surface area contributed by atoms with Crippen LogP contribution < -0.4 is 5.32 Å². The molecule has 0 aliphatic rings. The Bertz CT molecular complexity index is 631. The van der Waals surface area contributed by atoms with Gasteiger partial charge in [-0.15, -0.1) is 0 Å². The number of hydrogen-bond acceptors (Lipinski definition) is 3. The lowest BCUT2D eigenvalue weighted by molar-refractivity contribution is 0.0602. The predicted octanol–water partition coefficient (Wildman–Crippen LogP) is 3.99. The molecule has 5 heteroatoms. The van der Waals surface area contributed by atoms with Crippen LogP contribution in [-0.4, -0.2) is 13.1 Å². The van der Waals surface area contributed by atoms with Crippen LogP contribution in [-0.2, 0) is 11.3 Å². The van der Waals surface area contributed by atoms with Gasteiger partial charge in [0.15, 0.2) is 0 Å². The normalized spacial score (nSPS) is 10.2. The second kappa shape index (κ2) is 6.52.